The lowest BCUT2D eigenvalue weighted by Gasteiger charge is -2.17. The Morgan fingerprint density at radius 3 is 2.38 bits per heavy atom. The summed E-state index contributed by atoms with van der Waals surface area (Å²) < 4.78 is 0. The fourth-order valence-corrected chi connectivity index (χ4v) is 2.85. The number of aryl methyl sites for hydroxylation is 1. The third-order valence-corrected chi connectivity index (χ3v) is 4.35. The summed E-state index contributed by atoms with van der Waals surface area (Å²) in [6, 6.07) is 18.4. The molecular weight excluding hydrogens is 278 g/mol. The molecule has 0 unspecified atom stereocenters. The van der Waals surface area contributed by atoms with E-state index in [0.29, 0.717) is 5.75 Å². The van der Waals surface area contributed by atoms with E-state index >= 15 is 0 Å². The highest BCUT2D eigenvalue weighted by atomic mass is 32.2. The molecule has 0 radical (unpaired) electrons. The van der Waals surface area contributed by atoms with Crippen LogP contribution < -0.4 is 5.32 Å². The summed E-state index contributed by atoms with van der Waals surface area (Å²) in [4.78, 5) is 13.2. The second-order valence-electron chi connectivity index (χ2n) is 5.04. The van der Waals surface area contributed by atoms with E-state index < -0.39 is 0 Å². The van der Waals surface area contributed by atoms with Crippen molar-refractivity contribution < 1.29 is 4.79 Å². The Bertz CT molecular complexity index is 566. The molecule has 1 amide bonds. The topological polar surface area (TPSA) is 29.1 Å². The van der Waals surface area contributed by atoms with Crippen LogP contribution in [-0.2, 0) is 4.79 Å². The van der Waals surface area contributed by atoms with Crippen LogP contribution in [0.5, 0.6) is 0 Å². The molecule has 0 fully saturated rings. The molecule has 0 aliphatic rings. The van der Waals surface area contributed by atoms with Crippen molar-refractivity contribution in [3.05, 3.63) is 65.7 Å². The van der Waals surface area contributed by atoms with Crippen molar-refractivity contribution in [2.24, 2.45) is 0 Å². The van der Waals surface area contributed by atoms with Gasteiger partial charge in [-0.3, -0.25) is 4.79 Å². The molecule has 0 spiro atoms. The quantitative estimate of drug-likeness (QED) is 0.803. The van der Waals surface area contributed by atoms with Crippen LogP contribution >= 0.6 is 11.8 Å². The Morgan fingerprint density at radius 1 is 1.10 bits per heavy atom. The monoisotopic (exact) mass is 299 g/mol. The Balaban J connectivity index is 1.89. The van der Waals surface area contributed by atoms with Crippen molar-refractivity contribution in [1.82, 2.24) is 5.32 Å². The second kappa shape index (κ2) is 7.89. The second-order valence-corrected chi connectivity index (χ2v) is 6.09. The normalized spacial score (nSPS) is 11.9. The minimum absolute atomic E-state index is 0.0799. The number of nitrogens with one attached hydrogen (secondary N) is 1. The van der Waals surface area contributed by atoms with Crippen LogP contribution in [0.15, 0.2) is 59.5 Å². The summed E-state index contributed by atoms with van der Waals surface area (Å²) in [6.45, 7) is 4.16. The first-order valence-electron chi connectivity index (χ1n) is 7.23. The maximum atomic E-state index is 12.1. The minimum Gasteiger partial charge on any atom is -0.349 e. The van der Waals surface area contributed by atoms with Gasteiger partial charge in [0.2, 0.25) is 5.91 Å². The van der Waals surface area contributed by atoms with Gasteiger partial charge in [-0.2, -0.15) is 0 Å². The van der Waals surface area contributed by atoms with E-state index in [1.165, 1.54) is 11.1 Å². The molecule has 1 N–H and O–H groups in total. The number of thioether (sulfide) groups is 1. The van der Waals surface area contributed by atoms with Crippen LogP contribution in [0.1, 0.15) is 30.5 Å². The van der Waals surface area contributed by atoms with Crippen LogP contribution in [0.4, 0.5) is 0 Å². The van der Waals surface area contributed by atoms with E-state index in [0.717, 1.165) is 11.3 Å². The van der Waals surface area contributed by atoms with E-state index in [9.17, 15) is 4.79 Å². The van der Waals surface area contributed by atoms with Crippen molar-refractivity contribution in [2.75, 3.05) is 5.75 Å². The third kappa shape index (κ3) is 4.94. The first-order chi connectivity index (χ1) is 10.2. The molecule has 0 aliphatic carbocycles. The van der Waals surface area contributed by atoms with E-state index in [4.69, 9.17) is 0 Å². The predicted octanol–water partition coefficient (Wildman–Crippen LogP) is 4.35. The minimum atomic E-state index is 0.0799. The zero-order valence-electron chi connectivity index (χ0n) is 12.5. The van der Waals surface area contributed by atoms with Gasteiger partial charge in [0, 0.05) is 4.90 Å². The average molecular weight is 299 g/mol. The van der Waals surface area contributed by atoms with Gasteiger partial charge in [-0.1, -0.05) is 55.0 Å². The van der Waals surface area contributed by atoms with E-state index in [2.05, 4.69) is 43.4 Å². The largest absolute Gasteiger partial charge is 0.349 e. The van der Waals surface area contributed by atoms with Crippen LogP contribution in [0, 0.1) is 6.92 Å². The van der Waals surface area contributed by atoms with Gasteiger partial charge in [-0.15, -0.1) is 11.8 Å². The highest BCUT2D eigenvalue weighted by Gasteiger charge is 2.12. The molecular formula is C18H21NOS. The number of hydrogen-bond donors (Lipinski definition) is 1. The molecule has 0 aliphatic heterocycles. The third-order valence-electron chi connectivity index (χ3n) is 3.34. The number of rotatable bonds is 6. The van der Waals surface area contributed by atoms with E-state index in [1.807, 2.05) is 30.3 Å². The van der Waals surface area contributed by atoms with Gasteiger partial charge in [-0.05, 0) is 31.0 Å². The number of amides is 1. The fourth-order valence-electron chi connectivity index (χ4n) is 2.12. The van der Waals surface area contributed by atoms with Crippen LogP contribution in [-0.4, -0.2) is 11.7 Å². The standard InChI is InChI=1S/C18H21NOS/c1-3-17(15-11-9-14(2)10-12-15)19-18(20)13-21-16-7-5-4-6-8-16/h4-12,17H,3,13H2,1-2H3,(H,19,20)/t17-/m1/s1. The first-order valence-corrected chi connectivity index (χ1v) is 8.21. The van der Waals surface area contributed by atoms with Gasteiger partial charge in [0.15, 0.2) is 0 Å². The first kappa shape index (κ1) is 15.6. The molecule has 2 aromatic rings. The Labute approximate surface area is 131 Å². The molecule has 3 heteroatoms. The summed E-state index contributed by atoms with van der Waals surface area (Å²) in [5.74, 6) is 0.531. The van der Waals surface area contributed by atoms with Crippen LogP contribution in [0.3, 0.4) is 0 Å². The van der Waals surface area contributed by atoms with Crippen LogP contribution in [0.2, 0.25) is 0 Å². The van der Waals surface area contributed by atoms with Crippen molar-refractivity contribution in [2.45, 2.75) is 31.2 Å². The van der Waals surface area contributed by atoms with E-state index in [1.54, 1.807) is 11.8 Å². The molecule has 0 saturated heterocycles. The smallest absolute Gasteiger partial charge is 0.230 e. The highest BCUT2D eigenvalue weighted by molar-refractivity contribution is 8.00. The maximum absolute atomic E-state index is 12.1. The molecule has 0 heterocycles. The van der Waals surface area contributed by atoms with Gasteiger partial charge in [0.1, 0.15) is 0 Å². The molecule has 2 rings (SSSR count). The zero-order chi connectivity index (χ0) is 15.1. The van der Waals surface area contributed by atoms with Gasteiger partial charge >= 0.3 is 0 Å². The number of carbonyl (C=O) groups excluding carboxylic acids is 1. The molecule has 110 valence electrons. The van der Waals surface area contributed by atoms with E-state index in [-0.39, 0.29) is 11.9 Å². The number of benzene rings is 2. The molecule has 2 aromatic carbocycles. The van der Waals surface area contributed by atoms with Gasteiger partial charge in [-0.25, -0.2) is 0 Å². The van der Waals surface area contributed by atoms with Gasteiger partial charge in [0.25, 0.3) is 0 Å². The molecule has 0 bridgehead atoms. The summed E-state index contributed by atoms with van der Waals surface area (Å²) in [6.07, 6.45) is 0.894. The molecule has 21 heavy (non-hydrogen) atoms. The number of carbonyl (C=O) groups is 1. The predicted molar refractivity (Wildman–Crippen MR) is 89.5 cm³/mol. The number of hydrogen-bond acceptors (Lipinski definition) is 2. The van der Waals surface area contributed by atoms with Crippen LogP contribution in [0.25, 0.3) is 0 Å². The molecule has 2 nitrogen and oxygen atoms in total. The summed E-state index contributed by atoms with van der Waals surface area (Å²) in [5, 5.41) is 3.11. The fraction of sp³-hybridized carbons (Fsp3) is 0.278. The molecule has 1 atom stereocenters. The lowest BCUT2D eigenvalue weighted by atomic mass is 10.0. The Hall–Kier alpha value is -1.74. The molecule has 0 aromatic heterocycles. The lowest BCUT2D eigenvalue weighted by molar-refractivity contribution is -0.119. The Morgan fingerprint density at radius 2 is 1.76 bits per heavy atom. The van der Waals surface area contributed by atoms with Crippen molar-refractivity contribution in [3.63, 3.8) is 0 Å². The SMILES string of the molecule is CC[C@@H](NC(=O)CSc1ccccc1)c1ccc(C)cc1. The van der Waals surface area contributed by atoms with Crippen molar-refractivity contribution in [3.8, 4) is 0 Å². The summed E-state index contributed by atoms with van der Waals surface area (Å²) in [7, 11) is 0. The lowest BCUT2D eigenvalue weighted by Crippen LogP contribution is -2.29. The Kier molecular flexibility index (Phi) is 5.88. The highest BCUT2D eigenvalue weighted by Crippen LogP contribution is 2.19. The maximum Gasteiger partial charge on any atom is 0.230 e. The van der Waals surface area contributed by atoms with Gasteiger partial charge in [0.05, 0.1) is 11.8 Å². The van der Waals surface area contributed by atoms with Crippen molar-refractivity contribution in [1.29, 1.82) is 0 Å². The summed E-state index contributed by atoms with van der Waals surface area (Å²) >= 11 is 1.57. The zero-order valence-corrected chi connectivity index (χ0v) is 13.3. The van der Waals surface area contributed by atoms with Gasteiger partial charge < -0.3 is 5.32 Å². The average Bonchev–Trinajstić information content (AvgIpc) is 2.52. The molecule has 0 saturated carbocycles. The van der Waals surface area contributed by atoms with Crippen molar-refractivity contribution >= 4 is 17.7 Å². The summed E-state index contributed by atoms with van der Waals surface area (Å²) in [5.41, 5.74) is 2.40.